The van der Waals surface area contributed by atoms with Gasteiger partial charge in [0.1, 0.15) is 18.8 Å². The fourth-order valence-corrected chi connectivity index (χ4v) is 2.38. The van der Waals surface area contributed by atoms with Gasteiger partial charge < -0.3 is 0 Å². The summed E-state index contributed by atoms with van der Waals surface area (Å²) in [6.45, 7) is 2.02. The summed E-state index contributed by atoms with van der Waals surface area (Å²) in [6.07, 6.45) is 2.09. The molecular weight excluding hydrogens is 248 g/mol. The van der Waals surface area contributed by atoms with Crippen molar-refractivity contribution in [3.63, 3.8) is 0 Å². The van der Waals surface area contributed by atoms with E-state index in [0.717, 1.165) is 29.9 Å². The molecule has 3 heteroatoms. The van der Waals surface area contributed by atoms with Crippen LogP contribution < -0.4 is 4.90 Å². The van der Waals surface area contributed by atoms with Crippen LogP contribution in [0.4, 0.5) is 5.69 Å². The second-order valence-electron chi connectivity index (χ2n) is 5.03. The van der Waals surface area contributed by atoms with Gasteiger partial charge in [0.25, 0.3) is 0 Å². The molecule has 0 amide bonds. The van der Waals surface area contributed by atoms with Gasteiger partial charge in [0, 0.05) is 11.1 Å². The molecule has 0 aliphatic carbocycles. The van der Waals surface area contributed by atoms with Gasteiger partial charge in [-0.05, 0) is 24.3 Å². The van der Waals surface area contributed by atoms with E-state index in [1.165, 1.54) is 0 Å². The molecular formula is C17H17N2O+. The lowest BCUT2D eigenvalue weighted by Crippen LogP contribution is -2.18. The van der Waals surface area contributed by atoms with Crippen molar-refractivity contribution in [1.29, 1.82) is 0 Å². The Bertz CT molecular complexity index is 644. The van der Waals surface area contributed by atoms with E-state index in [9.17, 15) is 4.79 Å². The summed E-state index contributed by atoms with van der Waals surface area (Å²) >= 11 is 0. The summed E-state index contributed by atoms with van der Waals surface area (Å²) in [4.78, 5) is 14.5. The van der Waals surface area contributed by atoms with Crippen molar-refractivity contribution in [2.45, 2.75) is 0 Å². The second-order valence-corrected chi connectivity index (χ2v) is 5.03. The van der Waals surface area contributed by atoms with Gasteiger partial charge in [-0.1, -0.05) is 30.3 Å². The van der Waals surface area contributed by atoms with Gasteiger partial charge in [0.2, 0.25) is 6.34 Å². The number of carbonyl (C=O) groups excluding carboxylic acids is 1. The first-order chi connectivity index (χ1) is 9.74. The fourth-order valence-electron chi connectivity index (χ4n) is 2.38. The number of benzene rings is 2. The largest absolute Gasteiger partial charge is 0.289 e. The Balaban J connectivity index is 1.81. The molecule has 0 N–H and O–H groups in total. The van der Waals surface area contributed by atoms with Crippen LogP contribution in [0.2, 0.25) is 0 Å². The molecule has 1 heterocycles. The van der Waals surface area contributed by atoms with Gasteiger partial charge in [-0.3, -0.25) is 9.37 Å². The molecule has 1 aliphatic rings. The number of hydrogen-bond donors (Lipinski definition) is 0. The molecule has 20 heavy (non-hydrogen) atoms. The smallest absolute Gasteiger partial charge is 0.239 e. The predicted octanol–water partition coefficient (Wildman–Crippen LogP) is 2.41. The molecule has 0 atom stereocenters. The standard InChI is InChI=1S/C17H17N2O/c1-18-11-12-19(13-18)16-9-7-15(8-10-16)17(20)14-5-3-2-4-6-14/h2-10,13H,11-12H2,1H3/q+1. The minimum atomic E-state index is 0.0691. The maximum atomic E-state index is 12.3. The van der Waals surface area contributed by atoms with Gasteiger partial charge >= 0.3 is 0 Å². The van der Waals surface area contributed by atoms with Crippen molar-refractivity contribution >= 4 is 17.8 Å². The van der Waals surface area contributed by atoms with E-state index in [1.54, 1.807) is 0 Å². The highest BCUT2D eigenvalue weighted by molar-refractivity contribution is 6.09. The molecule has 0 fully saturated rings. The van der Waals surface area contributed by atoms with Crippen LogP contribution in [0, 0.1) is 0 Å². The number of likely N-dealkylation sites (N-methyl/N-ethyl adjacent to an activating group) is 1. The van der Waals surface area contributed by atoms with E-state index in [-0.39, 0.29) is 5.78 Å². The lowest BCUT2D eigenvalue weighted by atomic mass is 10.0. The molecule has 0 radical (unpaired) electrons. The Morgan fingerprint density at radius 1 is 1.00 bits per heavy atom. The molecule has 3 rings (SSSR count). The number of rotatable bonds is 3. The molecule has 2 aromatic rings. The Morgan fingerprint density at radius 3 is 2.25 bits per heavy atom. The average molecular weight is 265 g/mol. The predicted molar refractivity (Wildman–Crippen MR) is 80.8 cm³/mol. The minimum absolute atomic E-state index is 0.0691. The number of hydrogen-bond acceptors (Lipinski definition) is 2. The van der Waals surface area contributed by atoms with Crippen molar-refractivity contribution in [3.8, 4) is 0 Å². The van der Waals surface area contributed by atoms with Crippen molar-refractivity contribution < 1.29 is 9.37 Å². The van der Waals surface area contributed by atoms with Gasteiger partial charge in [0.05, 0.1) is 7.05 Å². The van der Waals surface area contributed by atoms with E-state index in [4.69, 9.17) is 0 Å². The van der Waals surface area contributed by atoms with Gasteiger partial charge in [-0.25, -0.2) is 4.90 Å². The quantitative estimate of drug-likeness (QED) is 0.628. The van der Waals surface area contributed by atoms with E-state index in [1.807, 2.05) is 54.6 Å². The number of carbonyl (C=O) groups is 1. The topological polar surface area (TPSA) is 23.3 Å². The lowest BCUT2D eigenvalue weighted by molar-refractivity contribution is -0.481. The highest BCUT2D eigenvalue weighted by Crippen LogP contribution is 2.17. The fraction of sp³-hybridized carbons (Fsp3) is 0.176. The van der Waals surface area contributed by atoms with Crippen LogP contribution >= 0.6 is 0 Å². The summed E-state index contributed by atoms with van der Waals surface area (Å²) in [5.41, 5.74) is 2.58. The third kappa shape index (κ3) is 2.48. The van der Waals surface area contributed by atoms with Crippen LogP contribution in [0.3, 0.4) is 0 Å². The summed E-state index contributed by atoms with van der Waals surface area (Å²) in [5, 5.41) is 0. The zero-order chi connectivity index (χ0) is 13.9. The van der Waals surface area contributed by atoms with E-state index >= 15 is 0 Å². The average Bonchev–Trinajstić information content (AvgIpc) is 2.94. The Labute approximate surface area is 118 Å². The molecule has 0 saturated carbocycles. The number of nitrogens with zero attached hydrogens (tertiary/aromatic N) is 2. The van der Waals surface area contributed by atoms with Gasteiger partial charge in [0.15, 0.2) is 5.78 Å². The Morgan fingerprint density at radius 2 is 1.65 bits per heavy atom. The van der Waals surface area contributed by atoms with Crippen LogP contribution in [-0.4, -0.2) is 36.8 Å². The highest BCUT2D eigenvalue weighted by Gasteiger charge is 2.19. The SMILES string of the molecule is C[N+]1=CN(c2ccc(C(=O)c3ccccc3)cc2)CC1. The maximum Gasteiger partial charge on any atom is 0.239 e. The van der Waals surface area contributed by atoms with Crippen molar-refractivity contribution in [2.75, 3.05) is 25.0 Å². The normalized spacial score (nSPS) is 14.2. The molecule has 3 nitrogen and oxygen atoms in total. The van der Waals surface area contributed by atoms with Crippen molar-refractivity contribution in [2.24, 2.45) is 0 Å². The molecule has 1 aliphatic heterocycles. The van der Waals surface area contributed by atoms with Gasteiger partial charge in [-0.2, -0.15) is 0 Å². The Hall–Kier alpha value is -2.42. The number of ketones is 1. The monoisotopic (exact) mass is 265 g/mol. The van der Waals surface area contributed by atoms with Crippen LogP contribution in [0.25, 0.3) is 0 Å². The second kappa shape index (κ2) is 5.29. The summed E-state index contributed by atoms with van der Waals surface area (Å²) < 4.78 is 2.16. The minimum Gasteiger partial charge on any atom is -0.289 e. The molecule has 0 bridgehead atoms. The molecule has 2 aromatic carbocycles. The molecule has 0 aromatic heterocycles. The van der Waals surface area contributed by atoms with Crippen molar-refractivity contribution in [3.05, 3.63) is 65.7 Å². The summed E-state index contributed by atoms with van der Waals surface area (Å²) in [6, 6.07) is 17.2. The lowest BCUT2D eigenvalue weighted by Gasteiger charge is -2.07. The summed E-state index contributed by atoms with van der Waals surface area (Å²) in [7, 11) is 2.06. The van der Waals surface area contributed by atoms with Crippen LogP contribution in [0.1, 0.15) is 15.9 Å². The van der Waals surface area contributed by atoms with Crippen LogP contribution in [-0.2, 0) is 0 Å². The molecule has 100 valence electrons. The van der Waals surface area contributed by atoms with Crippen LogP contribution in [0.5, 0.6) is 0 Å². The Kier molecular flexibility index (Phi) is 3.33. The number of anilines is 1. The highest BCUT2D eigenvalue weighted by atomic mass is 16.1. The first-order valence-corrected chi connectivity index (χ1v) is 6.76. The molecule has 0 spiro atoms. The van der Waals surface area contributed by atoms with E-state index < -0.39 is 0 Å². The van der Waals surface area contributed by atoms with E-state index in [0.29, 0.717) is 0 Å². The maximum absolute atomic E-state index is 12.3. The zero-order valence-corrected chi connectivity index (χ0v) is 11.5. The van der Waals surface area contributed by atoms with Gasteiger partial charge in [-0.15, -0.1) is 0 Å². The third-order valence-electron chi connectivity index (χ3n) is 3.53. The first kappa shape index (κ1) is 12.6. The zero-order valence-electron chi connectivity index (χ0n) is 11.5. The van der Waals surface area contributed by atoms with Crippen LogP contribution in [0.15, 0.2) is 54.6 Å². The summed E-state index contributed by atoms with van der Waals surface area (Å²) in [5.74, 6) is 0.0691. The third-order valence-corrected chi connectivity index (χ3v) is 3.53. The molecule has 0 saturated heterocycles. The van der Waals surface area contributed by atoms with E-state index in [2.05, 4.69) is 22.9 Å². The molecule has 0 unspecified atom stereocenters. The first-order valence-electron chi connectivity index (χ1n) is 6.76. The van der Waals surface area contributed by atoms with Crippen molar-refractivity contribution in [1.82, 2.24) is 0 Å².